The van der Waals surface area contributed by atoms with Gasteiger partial charge in [-0.05, 0) is 74.8 Å². The number of phenols is 1. The fourth-order valence-corrected chi connectivity index (χ4v) is 6.35. The molecule has 2 aromatic rings. The van der Waals surface area contributed by atoms with Crippen LogP contribution in [-0.2, 0) is 46.5 Å². The molecule has 1 saturated carbocycles. The van der Waals surface area contributed by atoms with Crippen molar-refractivity contribution in [2.24, 2.45) is 5.92 Å². The van der Waals surface area contributed by atoms with E-state index < -0.39 is 72.5 Å². The maximum atomic E-state index is 13.7. The van der Waals surface area contributed by atoms with Gasteiger partial charge in [0.15, 0.2) is 0 Å². The van der Waals surface area contributed by atoms with Crippen LogP contribution in [0.5, 0.6) is 5.75 Å². The number of hydrogen-bond acceptors (Lipinski definition) is 10. The van der Waals surface area contributed by atoms with Gasteiger partial charge in [-0.25, -0.2) is 9.59 Å². The molecule has 2 aromatic carbocycles. The number of ether oxygens (including phenoxy) is 2. The van der Waals surface area contributed by atoms with Crippen LogP contribution >= 0.6 is 11.8 Å². The molecular weight excluding hydrogens is 715 g/mol. The zero-order chi connectivity index (χ0) is 39.5. The molecule has 1 aliphatic rings. The Hall–Kier alpha value is -4.79. The Labute approximate surface area is 321 Å². The number of esters is 1. The summed E-state index contributed by atoms with van der Waals surface area (Å²) >= 11 is 1.53. The molecule has 0 aromatic heterocycles. The number of alkyl carbamates (subject to hydrolysis) is 1. The zero-order valence-corrected chi connectivity index (χ0v) is 32.4. The summed E-state index contributed by atoms with van der Waals surface area (Å²) < 4.78 is 10.8. The quantitative estimate of drug-likeness (QED) is 0.115. The lowest BCUT2D eigenvalue weighted by Gasteiger charge is -2.28. The predicted molar refractivity (Wildman–Crippen MR) is 205 cm³/mol. The van der Waals surface area contributed by atoms with E-state index >= 15 is 0 Å². The Kier molecular flexibility index (Phi) is 18.1. The third-order valence-corrected chi connectivity index (χ3v) is 9.28. The summed E-state index contributed by atoms with van der Waals surface area (Å²) in [7, 11) is 0. The van der Waals surface area contributed by atoms with Crippen molar-refractivity contribution in [2.75, 3.05) is 25.1 Å². The molecule has 296 valence electrons. The van der Waals surface area contributed by atoms with E-state index in [0.29, 0.717) is 24.2 Å². The topological polar surface area (TPSA) is 201 Å². The van der Waals surface area contributed by atoms with E-state index in [9.17, 15) is 33.9 Å². The number of hydrogen-bond donors (Lipinski definition) is 6. The minimum Gasteiger partial charge on any atom is -0.508 e. The molecule has 5 amide bonds. The third kappa shape index (κ3) is 16.9. The molecule has 0 aliphatic heterocycles. The number of phenolic OH excluding ortho intramolecular Hbond substituents is 1. The van der Waals surface area contributed by atoms with Crippen molar-refractivity contribution in [2.45, 2.75) is 102 Å². The fourth-order valence-electron chi connectivity index (χ4n) is 5.88. The lowest BCUT2D eigenvalue weighted by molar-refractivity contribution is -0.149. The van der Waals surface area contributed by atoms with Gasteiger partial charge < -0.3 is 41.2 Å². The maximum absolute atomic E-state index is 13.7. The number of nitrogens with one attached hydrogen (secondary N) is 5. The van der Waals surface area contributed by atoms with E-state index in [1.165, 1.54) is 23.9 Å². The molecule has 0 spiro atoms. The molecule has 14 nitrogen and oxygen atoms in total. The first-order valence-corrected chi connectivity index (χ1v) is 19.7. The van der Waals surface area contributed by atoms with E-state index in [0.717, 1.165) is 37.7 Å². The summed E-state index contributed by atoms with van der Waals surface area (Å²) in [6.07, 6.45) is 6.84. The molecule has 3 atom stereocenters. The average Bonchev–Trinajstić information content (AvgIpc) is 3.14. The minimum atomic E-state index is -1.12. The van der Waals surface area contributed by atoms with Crippen LogP contribution in [0.4, 0.5) is 4.79 Å². The molecule has 0 bridgehead atoms. The summed E-state index contributed by atoms with van der Waals surface area (Å²) in [5, 5.41) is 22.6. The van der Waals surface area contributed by atoms with Gasteiger partial charge in [0.25, 0.3) is 0 Å². The van der Waals surface area contributed by atoms with Gasteiger partial charge in [0, 0.05) is 6.42 Å². The van der Waals surface area contributed by atoms with Gasteiger partial charge in [-0.1, -0.05) is 74.6 Å². The highest BCUT2D eigenvalue weighted by atomic mass is 32.2. The largest absolute Gasteiger partial charge is 0.508 e. The molecule has 1 fully saturated rings. The van der Waals surface area contributed by atoms with Crippen LogP contribution in [0.2, 0.25) is 0 Å². The van der Waals surface area contributed by atoms with Crippen LogP contribution in [0, 0.1) is 5.92 Å². The third-order valence-electron chi connectivity index (χ3n) is 8.63. The van der Waals surface area contributed by atoms with E-state index in [2.05, 4.69) is 26.6 Å². The summed E-state index contributed by atoms with van der Waals surface area (Å²) in [5.74, 6) is -2.19. The molecule has 0 saturated heterocycles. The van der Waals surface area contributed by atoms with Gasteiger partial charge in [-0.15, -0.1) is 0 Å². The number of thioether (sulfide) groups is 1. The Morgan fingerprint density at radius 3 is 2.09 bits per heavy atom. The lowest BCUT2D eigenvalue weighted by Crippen LogP contribution is -2.54. The van der Waals surface area contributed by atoms with E-state index in [-0.39, 0.29) is 24.7 Å². The molecular formula is C39H55N5O9S. The Morgan fingerprint density at radius 2 is 1.44 bits per heavy atom. The van der Waals surface area contributed by atoms with Crippen molar-refractivity contribution in [3.63, 3.8) is 0 Å². The summed E-state index contributed by atoms with van der Waals surface area (Å²) in [4.78, 5) is 78.2. The van der Waals surface area contributed by atoms with Crippen molar-refractivity contribution < 1.29 is 43.3 Å². The monoisotopic (exact) mass is 769 g/mol. The smallest absolute Gasteiger partial charge is 0.408 e. The molecule has 0 radical (unpaired) electrons. The normalized spacial score (nSPS) is 14.7. The van der Waals surface area contributed by atoms with Gasteiger partial charge in [0.2, 0.25) is 23.6 Å². The number of carbonyl (C=O) groups is 6. The molecule has 15 heteroatoms. The minimum absolute atomic E-state index is 0.0380. The molecule has 54 heavy (non-hydrogen) atoms. The van der Waals surface area contributed by atoms with Crippen LogP contribution in [0.15, 0.2) is 54.6 Å². The van der Waals surface area contributed by atoms with Crippen molar-refractivity contribution in [1.29, 1.82) is 0 Å². The first kappa shape index (κ1) is 43.6. The van der Waals surface area contributed by atoms with E-state index in [4.69, 9.17) is 9.47 Å². The zero-order valence-electron chi connectivity index (χ0n) is 31.6. The molecule has 1 aliphatic carbocycles. The summed E-state index contributed by atoms with van der Waals surface area (Å²) in [6, 6.07) is 12.3. The van der Waals surface area contributed by atoms with Crippen molar-refractivity contribution in [3.05, 3.63) is 65.7 Å². The highest BCUT2D eigenvalue weighted by molar-refractivity contribution is 7.98. The molecule has 0 unspecified atom stereocenters. The second-order valence-electron chi connectivity index (χ2n) is 14.4. The summed E-state index contributed by atoms with van der Waals surface area (Å²) in [5.41, 5.74) is 0.637. The van der Waals surface area contributed by atoms with Crippen LogP contribution in [0.1, 0.15) is 76.8 Å². The van der Waals surface area contributed by atoms with Crippen LogP contribution in [0.3, 0.4) is 0 Å². The van der Waals surface area contributed by atoms with Gasteiger partial charge in [-0.2, -0.15) is 11.8 Å². The Morgan fingerprint density at radius 1 is 0.778 bits per heavy atom. The first-order valence-electron chi connectivity index (χ1n) is 18.3. The number of benzene rings is 2. The predicted octanol–water partition coefficient (Wildman–Crippen LogP) is 3.50. The van der Waals surface area contributed by atoms with E-state index in [1.54, 1.807) is 32.9 Å². The molecule has 0 heterocycles. The molecule has 3 rings (SSSR count). The SMILES string of the molecule is CSCC[C@H](NC(=O)[C@H](CC1CCCCC1)NC(=O)CNC(=O)CNC(=O)[C@H](Cc1ccc(O)cc1)NC(=O)OC(C)(C)C)C(=O)OCc1ccccc1. The average molecular weight is 770 g/mol. The van der Waals surface area contributed by atoms with Crippen LogP contribution in [0.25, 0.3) is 0 Å². The highest BCUT2D eigenvalue weighted by Gasteiger charge is 2.30. The second-order valence-corrected chi connectivity index (χ2v) is 15.3. The molecule has 6 N–H and O–H groups in total. The highest BCUT2D eigenvalue weighted by Crippen LogP contribution is 2.27. The van der Waals surface area contributed by atoms with Crippen molar-refractivity contribution in [3.8, 4) is 5.75 Å². The van der Waals surface area contributed by atoms with Crippen molar-refractivity contribution in [1.82, 2.24) is 26.6 Å². The van der Waals surface area contributed by atoms with Gasteiger partial charge >= 0.3 is 12.1 Å². The van der Waals surface area contributed by atoms with E-state index in [1.807, 2.05) is 36.6 Å². The summed E-state index contributed by atoms with van der Waals surface area (Å²) in [6.45, 7) is 4.14. The standard InChI is InChI=1S/C39H55N5O9S/c1-39(2,3)53-38(51)44-31(22-27-15-17-29(45)18-16-27)35(48)41-23-33(46)40-24-34(47)42-32(21-26-11-7-5-8-12-26)36(49)43-30(19-20-54-4)37(50)52-25-28-13-9-6-10-14-28/h6,9-10,13-18,26,30-32,45H,5,7-8,11-12,19-25H2,1-4H3,(H,40,46)(H,41,48)(H,42,47)(H,43,49)(H,44,51)/t30-,31-,32-/m0/s1. The first-order chi connectivity index (χ1) is 25.7. The Balaban J connectivity index is 1.58. The number of aromatic hydroxyl groups is 1. The van der Waals surface area contributed by atoms with Crippen LogP contribution < -0.4 is 26.6 Å². The van der Waals surface area contributed by atoms with Crippen LogP contribution in [-0.4, -0.2) is 89.6 Å². The number of amides is 5. The number of carbonyl (C=O) groups excluding carboxylic acids is 6. The number of rotatable bonds is 19. The fraction of sp³-hybridized carbons (Fsp3) is 0.538. The van der Waals surface area contributed by atoms with Gasteiger partial charge in [0.1, 0.15) is 36.1 Å². The second kappa shape index (κ2) is 22.4. The lowest BCUT2D eigenvalue weighted by atomic mass is 9.84. The van der Waals surface area contributed by atoms with Crippen molar-refractivity contribution >= 4 is 47.5 Å². The van der Waals surface area contributed by atoms with Gasteiger partial charge in [0.05, 0.1) is 13.1 Å². The maximum Gasteiger partial charge on any atom is 0.408 e. The Bertz CT molecular complexity index is 1530. The van der Waals surface area contributed by atoms with Gasteiger partial charge in [-0.3, -0.25) is 19.2 Å².